The number of aromatic amines is 1. The molecule has 4 unspecified atom stereocenters. The van der Waals surface area contributed by atoms with Crippen LogP contribution in [-0.2, 0) is 36.8 Å². The minimum atomic E-state index is -1.41. The van der Waals surface area contributed by atoms with E-state index in [2.05, 4.69) is 38.5 Å². The highest BCUT2D eigenvalue weighted by Gasteiger charge is 2.31. The fourth-order valence-corrected chi connectivity index (χ4v) is 3.42. The standard InChI is InChI=1S/C22H28N6O7S/c23-14(8-18(29)30)19(31)26-16(7-13-9-24-11-25-13)21(33)27-15(6-12-4-2-1-3-5-12)20(32)28-17(10-36)22(34)35/h1-5,9,11,14-17,36H,6-8,10,23H2,(H,24,25)(H,26,31)(H,27,33)(H,28,32)(H,29,30)(H,34,35). The molecule has 2 rings (SSSR count). The van der Waals surface area contributed by atoms with E-state index in [-0.39, 0.29) is 18.6 Å². The number of benzene rings is 1. The average molecular weight is 521 g/mol. The lowest BCUT2D eigenvalue weighted by Gasteiger charge is -2.25. The highest BCUT2D eigenvalue weighted by molar-refractivity contribution is 7.80. The molecular formula is C22H28N6O7S. The molecule has 0 radical (unpaired) electrons. The van der Waals surface area contributed by atoms with Crippen LogP contribution in [0.5, 0.6) is 0 Å². The van der Waals surface area contributed by atoms with Crippen molar-refractivity contribution in [3.63, 3.8) is 0 Å². The SMILES string of the molecule is NC(CC(=O)O)C(=O)NC(Cc1cnc[nH]1)C(=O)NC(Cc1ccccc1)C(=O)NC(CS)C(=O)O. The largest absolute Gasteiger partial charge is 0.481 e. The molecule has 0 aliphatic rings. The number of nitrogens with one attached hydrogen (secondary N) is 4. The summed E-state index contributed by atoms with van der Waals surface area (Å²) in [5, 5.41) is 25.5. The van der Waals surface area contributed by atoms with Crippen LogP contribution in [0.1, 0.15) is 17.7 Å². The van der Waals surface area contributed by atoms with E-state index in [1.165, 1.54) is 12.5 Å². The van der Waals surface area contributed by atoms with Crippen molar-refractivity contribution in [2.45, 2.75) is 43.4 Å². The molecule has 1 aromatic carbocycles. The van der Waals surface area contributed by atoms with Crippen molar-refractivity contribution in [2.75, 3.05) is 5.75 Å². The molecule has 1 aromatic heterocycles. The molecular weight excluding hydrogens is 492 g/mol. The third-order valence-corrected chi connectivity index (χ3v) is 5.42. The summed E-state index contributed by atoms with van der Waals surface area (Å²) in [6.07, 6.45) is 2.12. The quantitative estimate of drug-likeness (QED) is 0.135. The number of aromatic nitrogens is 2. The number of rotatable bonds is 14. The summed E-state index contributed by atoms with van der Waals surface area (Å²) >= 11 is 3.94. The van der Waals surface area contributed by atoms with Gasteiger partial charge in [0, 0.05) is 30.5 Å². The lowest BCUT2D eigenvalue weighted by molar-refractivity contribution is -0.141. The number of thiol groups is 1. The van der Waals surface area contributed by atoms with E-state index in [1.54, 1.807) is 30.3 Å². The molecule has 1 heterocycles. The number of aliphatic carboxylic acids is 2. The van der Waals surface area contributed by atoms with Crippen molar-refractivity contribution in [2.24, 2.45) is 5.73 Å². The number of carboxylic acids is 2. The summed E-state index contributed by atoms with van der Waals surface area (Å²) in [4.78, 5) is 67.5. The second-order valence-corrected chi connectivity index (χ2v) is 8.24. The van der Waals surface area contributed by atoms with Gasteiger partial charge in [-0.25, -0.2) is 9.78 Å². The van der Waals surface area contributed by atoms with E-state index >= 15 is 0 Å². The molecule has 0 fully saturated rings. The van der Waals surface area contributed by atoms with Crippen molar-refractivity contribution in [3.8, 4) is 0 Å². The zero-order valence-corrected chi connectivity index (χ0v) is 20.0. The van der Waals surface area contributed by atoms with Crippen LogP contribution >= 0.6 is 12.6 Å². The Labute approximate surface area is 211 Å². The number of imidazole rings is 1. The van der Waals surface area contributed by atoms with Gasteiger partial charge in [-0.3, -0.25) is 19.2 Å². The molecule has 13 nitrogen and oxygen atoms in total. The first-order valence-corrected chi connectivity index (χ1v) is 11.5. The van der Waals surface area contributed by atoms with Gasteiger partial charge in [-0.05, 0) is 5.56 Å². The molecule has 4 atom stereocenters. The maximum atomic E-state index is 13.2. The van der Waals surface area contributed by atoms with Crippen molar-refractivity contribution < 1.29 is 34.2 Å². The average Bonchev–Trinajstić information content (AvgIpc) is 3.34. The second kappa shape index (κ2) is 13.8. The third-order valence-electron chi connectivity index (χ3n) is 5.06. The van der Waals surface area contributed by atoms with Gasteiger partial charge in [-0.15, -0.1) is 0 Å². The van der Waals surface area contributed by atoms with E-state index in [0.717, 1.165) is 0 Å². The topological polar surface area (TPSA) is 217 Å². The van der Waals surface area contributed by atoms with Crippen molar-refractivity contribution in [1.29, 1.82) is 0 Å². The molecule has 0 aliphatic heterocycles. The van der Waals surface area contributed by atoms with Gasteiger partial charge >= 0.3 is 11.9 Å². The fourth-order valence-electron chi connectivity index (χ4n) is 3.17. The lowest BCUT2D eigenvalue weighted by atomic mass is 10.0. The van der Waals surface area contributed by atoms with Crippen LogP contribution in [0.2, 0.25) is 0 Å². The Bertz CT molecular complexity index is 1050. The van der Waals surface area contributed by atoms with Gasteiger partial charge in [0.15, 0.2) is 0 Å². The fraction of sp³-hybridized carbons (Fsp3) is 0.364. The van der Waals surface area contributed by atoms with E-state index in [4.69, 9.17) is 10.8 Å². The first kappa shape index (κ1) is 28.3. The Morgan fingerprint density at radius 3 is 2.03 bits per heavy atom. The van der Waals surface area contributed by atoms with E-state index in [1.807, 2.05) is 0 Å². The molecule has 3 amide bonds. The zero-order valence-electron chi connectivity index (χ0n) is 19.1. The predicted molar refractivity (Wildman–Crippen MR) is 130 cm³/mol. The molecule has 194 valence electrons. The summed E-state index contributed by atoms with van der Waals surface area (Å²) < 4.78 is 0. The second-order valence-electron chi connectivity index (χ2n) is 7.88. The van der Waals surface area contributed by atoms with E-state index in [9.17, 15) is 29.1 Å². The number of carboxylic acid groups (broad SMARTS) is 2. The van der Waals surface area contributed by atoms with Crippen LogP contribution in [0.15, 0.2) is 42.9 Å². The van der Waals surface area contributed by atoms with E-state index < -0.39 is 60.2 Å². The molecule has 0 saturated carbocycles. The first-order chi connectivity index (χ1) is 17.1. The summed E-state index contributed by atoms with van der Waals surface area (Å²) in [6.45, 7) is 0. The van der Waals surface area contributed by atoms with Crippen LogP contribution in [0.3, 0.4) is 0 Å². The Morgan fingerprint density at radius 2 is 1.50 bits per heavy atom. The van der Waals surface area contributed by atoms with Gasteiger partial charge < -0.3 is 36.9 Å². The number of hydrogen-bond acceptors (Lipinski definition) is 8. The summed E-state index contributed by atoms with van der Waals surface area (Å²) in [7, 11) is 0. The Balaban J connectivity index is 2.25. The number of nitrogens with zero attached hydrogens (tertiary/aromatic N) is 1. The predicted octanol–water partition coefficient (Wildman–Crippen LogP) is -1.53. The van der Waals surface area contributed by atoms with Crippen molar-refractivity contribution in [3.05, 3.63) is 54.1 Å². The number of hydrogen-bond donors (Lipinski definition) is 8. The van der Waals surface area contributed by atoms with Gasteiger partial charge in [0.25, 0.3) is 0 Å². The van der Waals surface area contributed by atoms with Gasteiger partial charge in [-0.1, -0.05) is 30.3 Å². The molecule has 8 N–H and O–H groups in total. The maximum absolute atomic E-state index is 13.2. The normalized spacial score (nSPS) is 14.1. The number of amides is 3. The van der Waals surface area contributed by atoms with Gasteiger partial charge in [0.2, 0.25) is 17.7 Å². The van der Waals surface area contributed by atoms with Crippen LogP contribution in [0.4, 0.5) is 0 Å². The molecule has 14 heteroatoms. The Kier molecular flexibility index (Phi) is 10.9. The molecule has 0 bridgehead atoms. The molecule has 2 aromatic rings. The number of H-pyrrole nitrogens is 1. The molecule has 0 saturated heterocycles. The van der Waals surface area contributed by atoms with Gasteiger partial charge in [0.05, 0.1) is 18.8 Å². The lowest BCUT2D eigenvalue weighted by Crippen LogP contribution is -2.58. The minimum absolute atomic E-state index is 0.0283. The Hall–Kier alpha value is -3.91. The summed E-state index contributed by atoms with van der Waals surface area (Å²) in [5.74, 6) is -5.16. The highest BCUT2D eigenvalue weighted by atomic mass is 32.1. The number of carbonyl (C=O) groups excluding carboxylic acids is 3. The van der Waals surface area contributed by atoms with Crippen LogP contribution < -0.4 is 21.7 Å². The molecule has 0 aliphatic carbocycles. The molecule has 0 spiro atoms. The number of nitrogens with two attached hydrogens (primary N) is 1. The number of carbonyl (C=O) groups is 5. The van der Waals surface area contributed by atoms with Crippen LogP contribution in [0.25, 0.3) is 0 Å². The van der Waals surface area contributed by atoms with Gasteiger partial charge in [-0.2, -0.15) is 12.6 Å². The zero-order chi connectivity index (χ0) is 26.7. The van der Waals surface area contributed by atoms with Crippen LogP contribution in [-0.4, -0.2) is 79.8 Å². The third kappa shape index (κ3) is 9.03. The summed E-state index contributed by atoms with van der Waals surface area (Å²) in [6, 6.07) is 3.58. The Morgan fingerprint density at radius 1 is 0.917 bits per heavy atom. The monoisotopic (exact) mass is 520 g/mol. The van der Waals surface area contributed by atoms with Crippen molar-refractivity contribution >= 4 is 42.3 Å². The van der Waals surface area contributed by atoms with E-state index in [0.29, 0.717) is 11.3 Å². The van der Waals surface area contributed by atoms with Gasteiger partial charge in [0.1, 0.15) is 18.1 Å². The van der Waals surface area contributed by atoms with Crippen molar-refractivity contribution in [1.82, 2.24) is 25.9 Å². The highest BCUT2D eigenvalue weighted by Crippen LogP contribution is 2.07. The molecule has 36 heavy (non-hydrogen) atoms. The maximum Gasteiger partial charge on any atom is 0.327 e. The minimum Gasteiger partial charge on any atom is -0.481 e. The van der Waals surface area contributed by atoms with Crippen LogP contribution in [0, 0.1) is 0 Å². The first-order valence-electron chi connectivity index (χ1n) is 10.8. The smallest absolute Gasteiger partial charge is 0.327 e. The summed E-state index contributed by atoms with van der Waals surface area (Å²) in [5.41, 5.74) is 6.79.